The fraction of sp³-hybridized carbons (Fsp3) is 0.391. The highest BCUT2D eigenvalue weighted by Gasteiger charge is 2.42. The minimum absolute atomic E-state index is 0.141. The number of hydrogen-bond acceptors (Lipinski definition) is 3. The predicted molar refractivity (Wildman–Crippen MR) is 107 cm³/mol. The van der Waals surface area contributed by atoms with Crippen LogP contribution in [0.15, 0.2) is 48.5 Å². The van der Waals surface area contributed by atoms with Crippen LogP contribution in [0, 0.1) is 6.92 Å². The number of carboxylic acid groups (broad SMARTS) is 1. The van der Waals surface area contributed by atoms with Gasteiger partial charge < -0.3 is 15.5 Å². The molecule has 5 heteroatoms. The normalized spacial score (nSPS) is 16.9. The van der Waals surface area contributed by atoms with Crippen LogP contribution in [-0.2, 0) is 21.4 Å². The molecule has 0 radical (unpaired) electrons. The first-order valence-corrected chi connectivity index (χ1v) is 9.80. The minimum atomic E-state index is -1.06. The molecule has 1 aliphatic rings. The molecule has 1 atom stereocenters. The summed E-state index contributed by atoms with van der Waals surface area (Å²) >= 11 is 0. The van der Waals surface area contributed by atoms with Gasteiger partial charge in [-0.3, -0.25) is 4.79 Å². The van der Waals surface area contributed by atoms with Crippen molar-refractivity contribution in [1.29, 1.82) is 0 Å². The molecule has 2 aromatic carbocycles. The number of amides is 1. The van der Waals surface area contributed by atoms with Crippen LogP contribution in [0.2, 0.25) is 0 Å². The number of aliphatic carboxylic acids is 1. The first-order chi connectivity index (χ1) is 13.4. The maximum atomic E-state index is 13.4. The number of benzene rings is 2. The van der Waals surface area contributed by atoms with Gasteiger partial charge in [-0.15, -0.1) is 0 Å². The van der Waals surface area contributed by atoms with E-state index in [1.54, 1.807) is 12.1 Å². The zero-order chi connectivity index (χ0) is 20.1. The standard InChI is InChI=1S/C23H27NO4/c1-16-14-19(25)11-10-17(16)15-20(21(26)27)24-22(28)23(12-6-3-7-13-23)18-8-4-2-5-9-18/h2,4-5,8-11,14,20,25H,3,6-7,12-13,15H2,1H3,(H,24,28)(H,26,27)/t20-/m0/s1. The van der Waals surface area contributed by atoms with E-state index in [1.165, 1.54) is 6.07 Å². The highest BCUT2D eigenvalue weighted by Crippen LogP contribution is 2.39. The average Bonchev–Trinajstić information content (AvgIpc) is 2.70. The Morgan fingerprint density at radius 1 is 1.07 bits per heavy atom. The van der Waals surface area contributed by atoms with E-state index < -0.39 is 17.4 Å². The molecule has 2 aromatic rings. The van der Waals surface area contributed by atoms with Crippen LogP contribution < -0.4 is 5.32 Å². The van der Waals surface area contributed by atoms with Gasteiger partial charge in [0, 0.05) is 6.42 Å². The Morgan fingerprint density at radius 2 is 1.75 bits per heavy atom. The van der Waals surface area contributed by atoms with Crippen molar-refractivity contribution >= 4 is 11.9 Å². The molecule has 5 nitrogen and oxygen atoms in total. The van der Waals surface area contributed by atoms with Crippen LogP contribution in [-0.4, -0.2) is 28.1 Å². The number of carboxylic acids is 1. The fourth-order valence-electron chi connectivity index (χ4n) is 4.18. The molecule has 1 aliphatic carbocycles. The van der Waals surface area contributed by atoms with Crippen LogP contribution in [0.4, 0.5) is 0 Å². The topological polar surface area (TPSA) is 86.6 Å². The van der Waals surface area contributed by atoms with E-state index in [0.29, 0.717) is 0 Å². The summed E-state index contributed by atoms with van der Waals surface area (Å²) < 4.78 is 0. The first-order valence-electron chi connectivity index (χ1n) is 9.80. The smallest absolute Gasteiger partial charge is 0.326 e. The molecule has 3 N–H and O–H groups in total. The number of phenolic OH excluding ortho intramolecular Hbond substituents is 1. The largest absolute Gasteiger partial charge is 0.508 e. The van der Waals surface area contributed by atoms with Gasteiger partial charge in [-0.25, -0.2) is 4.79 Å². The average molecular weight is 381 g/mol. The number of carbonyl (C=O) groups is 2. The summed E-state index contributed by atoms with van der Waals surface area (Å²) in [6, 6.07) is 13.5. The monoisotopic (exact) mass is 381 g/mol. The molecular formula is C23H27NO4. The number of aromatic hydroxyl groups is 1. The Kier molecular flexibility index (Phi) is 6.02. The van der Waals surface area contributed by atoms with Gasteiger partial charge in [-0.1, -0.05) is 55.7 Å². The highest BCUT2D eigenvalue weighted by molar-refractivity contribution is 5.91. The Hall–Kier alpha value is -2.82. The summed E-state index contributed by atoms with van der Waals surface area (Å²) in [5, 5.41) is 22.1. The second kappa shape index (κ2) is 8.46. The molecule has 1 saturated carbocycles. The molecular weight excluding hydrogens is 354 g/mol. The van der Waals surface area contributed by atoms with Crippen molar-refractivity contribution in [1.82, 2.24) is 5.32 Å². The van der Waals surface area contributed by atoms with Crippen molar-refractivity contribution in [3.63, 3.8) is 0 Å². The molecule has 28 heavy (non-hydrogen) atoms. The third kappa shape index (κ3) is 4.19. The number of nitrogens with one attached hydrogen (secondary N) is 1. The molecule has 0 heterocycles. The molecule has 1 amide bonds. The third-order valence-corrected chi connectivity index (χ3v) is 5.82. The summed E-state index contributed by atoms with van der Waals surface area (Å²) in [6.07, 6.45) is 4.64. The van der Waals surface area contributed by atoms with E-state index in [2.05, 4.69) is 5.32 Å². The molecule has 0 aromatic heterocycles. The molecule has 0 saturated heterocycles. The fourth-order valence-corrected chi connectivity index (χ4v) is 4.18. The summed E-state index contributed by atoms with van der Waals surface area (Å²) in [5.41, 5.74) is 1.88. The highest BCUT2D eigenvalue weighted by atomic mass is 16.4. The van der Waals surface area contributed by atoms with E-state index in [4.69, 9.17) is 0 Å². The number of rotatable bonds is 6. The summed E-state index contributed by atoms with van der Waals surface area (Å²) in [7, 11) is 0. The van der Waals surface area contributed by atoms with Crippen LogP contribution >= 0.6 is 0 Å². The van der Waals surface area contributed by atoms with Crippen molar-refractivity contribution in [2.45, 2.75) is 56.9 Å². The maximum absolute atomic E-state index is 13.4. The number of phenols is 1. The van der Waals surface area contributed by atoms with E-state index in [0.717, 1.165) is 48.8 Å². The Labute approximate surface area is 165 Å². The van der Waals surface area contributed by atoms with Gasteiger partial charge in [-0.05, 0) is 48.6 Å². The third-order valence-electron chi connectivity index (χ3n) is 5.82. The van der Waals surface area contributed by atoms with Gasteiger partial charge in [-0.2, -0.15) is 0 Å². The molecule has 1 fully saturated rings. The quantitative estimate of drug-likeness (QED) is 0.712. The van der Waals surface area contributed by atoms with Crippen molar-refractivity contribution in [2.24, 2.45) is 0 Å². The van der Waals surface area contributed by atoms with Crippen LogP contribution in [0.25, 0.3) is 0 Å². The zero-order valence-corrected chi connectivity index (χ0v) is 16.1. The van der Waals surface area contributed by atoms with Gasteiger partial charge in [0.25, 0.3) is 0 Å². The molecule has 0 spiro atoms. The van der Waals surface area contributed by atoms with Crippen molar-refractivity contribution in [2.75, 3.05) is 0 Å². The van der Waals surface area contributed by atoms with Gasteiger partial charge in [0.2, 0.25) is 5.91 Å². The van der Waals surface area contributed by atoms with Gasteiger partial charge in [0.1, 0.15) is 11.8 Å². The number of aryl methyl sites for hydroxylation is 1. The van der Waals surface area contributed by atoms with Crippen molar-refractivity contribution in [3.8, 4) is 5.75 Å². The second-order valence-electron chi connectivity index (χ2n) is 7.69. The molecule has 148 valence electrons. The number of hydrogen-bond donors (Lipinski definition) is 3. The predicted octanol–water partition coefficient (Wildman–Crippen LogP) is 3.71. The van der Waals surface area contributed by atoms with Crippen molar-refractivity contribution < 1.29 is 19.8 Å². The SMILES string of the molecule is Cc1cc(O)ccc1C[C@H](NC(=O)C1(c2ccccc2)CCCCC1)C(=O)O. The zero-order valence-electron chi connectivity index (χ0n) is 16.1. The lowest BCUT2D eigenvalue weighted by Gasteiger charge is -2.37. The van der Waals surface area contributed by atoms with Gasteiger partial charge >= 0.3 is 5.97 Å². The second-order valence-corrected chi connectivity index (χ2v) is 7.69. The molecule has 0 unspecified atom stereocenters. The van der Waals surface area contributed by atoms with E-state index >= 15 is 0 Å². The molecule has 0 aliphatic heterocycles. The van der Waals surface area contributed by atoms with Crippen LogP contribution in [0.5, 0.6) is 5.75 Å². The van der Waals surface area contributed by atoms with Gasteiger partial charge in [0.15, 0.2) is 0 Å². The first kappa shape index (κ1) is 19.9. The van der Waals surface area contributed by atoms with Crippen LogP contribution in [0.3, 0.4) is 0 Å². The van der Waals surface area contributed by atoms with E-state index in [9.17, 15) is 19.8 Å². The van der Waals surface area contributed by atoms with Gasteiger partial charge in [0.05, 0.1) is 5.41 Å². The summed E-state index contributed by atoms with van der Waals surface area (Å²) in [5.74, 6) is -1.12. The Bertz CT molecular complexity index is 841. The van der Waals surface area contributed by atoms with E-state index in [1.807, 2.05) is 37.3 Å². The lowest BCUT2D eigenvalue weighted by atomic mass is 9.68. The van der Waals surface area contributed by atoms with Crippen molar-refractivity contribution in [3.05, 3.63) is 65.2 Å². The summed E-state index contributed by atoms with van der Waals surface area (Å²) in [4.78, 5) is 25.2. The summed E-state index contributed by atoms with van der Waals surface area (Å²) in [6.45, 7) is 1.82. The lowest BCUT2D eigenvalue weighted by Crippen LogP contribution is -2.52. The Morgan fingerprint density at radius 3 is 2.36 bits per heavy atom. The number of carbonyl (C=O) groups excluding carboxylic acids is 1. The molecule has 0 bridgehead atoms. The van der Waals surface area contributed by atoms with Crippen LogP contribution in [0.1, 0.15) is 48.8 Å². The molecule has 3 rings (SSSR count). The lowest BCUT2D eigenvalue weighted by molar-refractivity contribution is -0.143. The minimum Gasteiger partial charge on any atom is -0.508 e. The van der Waals surface area contributed by atoms with E-state index in [-0.39, 0.29) is 18.1 Å². The maximum Gasteiger partial charge on any atom is 0.326 e. The Balaban J connectivity index is 1.85.